The maximum Gasteiger partial charge on any atom is 0.187 e. The molecule has 0 unspecified atom stereocenters. The van der Waals surface area contributed by atoms with Gasteiger partial charge in [-0.2, -0.15) is 0 Å². The Morgan fingerprint density at radius 1 is 1.22 bits per heavy atom. The molecule has 0 radical (unpaired) electrons. The Morgan fingerprint density at radius 3 is 2.67 bits per heavy atom. The van der Waals surface area contributed by atoms with Gasteiger partial charge in [-0.05, 0) is 18.2 Å². The summed E-state index contributed by atoms with van der Waals surface area (Å²) in [6.07, 6.45) is 4.13. The molecule has 1 aliphatic heterocycles. The smallest absolute Gasteiger partial charge is 0.187 e. The number of nitrogens with zero attached hydrogens (tertiary/aromatic N) is 1. The van der Waals surface area contributed by atoms with Gasteiger partial charge in [0.2, 0.25) is 0 Å². The first-order valence-corrected chi connectivity index (χ1v) is 5.95. The summed E-state index contributed by atoms with van der Waals surface area (Å²) in [6, 6.07) is 5.29. The van der Waals surface area contributed by atoms with E-state index < -0.39 is 0 Å². The van der Waals surface area contributed by atoms with Crippen molar-refractivity contribution < 1.29 is 14.3 Å². The second-order valence-electron chi connectivity index (χ2n) is 4.36. The molecule has 0 spiro atoms. The lowest BCUT2D eigenvalue weighted by atomic mass is 10.1. The normalized spacial score (nSPS) is 14.3. The van der Waals surface area contributed by atoms with E-state index in [9.17, 15) is 4.79 Å². The molecular weight excluding hydrogens is 230 g/mol. The molecule has 96 valence electrons. The highest BCUT2D eigenvalue weighted by molar-refractivity contribution is 6.04. The summed E-state index contributed by atoms with van der Waals surface area (Å²) in [5, 5.41) is 0. The average molecular weight is 247 g/mol. The largest absolute Gasteiger partial charge is 0.490 e. The average Bonchev–Trinajstić information content (AvgIpc) is 2.60. The number of allylic oxidation sites excluding steroid dienone is 1. The van der Waals surface area contributed by atoms with Gasteiger partial charge in [0, 0.05) is 38.4 Å². The standard InChI is InChI=1S/C14H17NO3/c1-15(2)7-6-12(16)11-4-5-13-14(10-11)18-9-3-8-17-13/h4-7,10H,3,8-9H2,1-2H3. The third kappa shape index (κ3) is 3.03. The van der Waals surface area contributed by atoms with Gasteiger partial charge in [-0.1, -0.05) is 0 Å². The van der Waals surface area contributed by atoms with E-state index in [1.165, 1.54) is 0 Å². The molecule has 0 aliphatic carbocycles. The molecule has 0 atom stereocenters. The highest BCUT2D eigenvalue weighted by atomic mass is 16.5. The lowest BCUT2D eigenvalue weighted by Gasteiger charge is -2.08. The van der Waals surface area contributed by atoms with Crippen molar-refractivity contribution in [1.82, 2.24) is 4.90 Å². The van der Waals surface area contributed by atoms with Crippen molar-refractivity contribution in [3.05, 3.63) is 36.0 Å². The number of benzene rings is 1. The number of carbonyl (C=O) groups excluding carboxylic acids is 1. The van der Waals surface area contributed by atoms with Crippen LogP contribution in [0.5, 0.6) is 11.5 Å². The van der Waals surface area contributed by atoms with Crippen LogP contribution in [0.3, 0.4) is 0 Å². The summed E-state index contributed by atoms with van der Waals surface area (Å²) in [4.78, 5) is 13.7. The summed E-state index contributed by atoms with van der Waals surface area (Å²) < 4.78 is 11.1. The second-order valence-corrected chi connectivity index (χ2v) is 4.36. The highest BCUT2D eigenvalue weighted by Gasteiger charge is 2.12. The van der Waals surface area contributed by atoms with E-state index in [-0.39, 0.29) is 5.78 Å². The van der Waals surface area contributed by atoms with Crippen LogP contribution in [-0.4, -0.2) is 38.0 Å². The van der Waals surface area contributed by atoms with Gasteiger partial charge in [-0.3, -0.25) is 4.79 Å². The van der Waals surface area contributed by atoms with Crippen LogP contribution in [0.15, 0.2) is 30.5 Å². The van der Waals surface area contributed by atoms with E-state index >= 15 is 0 Å². The first-order chi connectivity index (χ1) is 8.66. The van der Waals surface area contributed by atoms with E-state index in [4.69, 9.17) is 9.47 Å². The zero-order chi connectivity index (χ0) is 13.0. The summed E-state index contributed by atoms with van der Waals surface area (Å²) in [6.45, 7) is 1.28. The minimum absolute atomic E-state index is 0.0423. The van der Waals surface area contributed by atoms with Crippen LogP contribution < -0.4 is 9.47 Å². The lowest BCUT2D eigenvalue weighted by Crippen LogP contribution is -2.03. The Morgan fingerprint density at radius 2 is 1.94 bits per heavy atom. The fourth-order valence-corrected chi connectivity index (χ4v) is 1.63. The molecule has 18 heavy (non-hydrogen) atoms. The molecule has 1 aliphatic rings. The van der Waals surface area contributed by atoms with Gasteiger partial charge in [-0.15, -0.1) is 0 Å². The van der Waals surface area contributed by atoms with Gasteiger partial charge in [0.05, 0.1) is 13.2 Å². The van der Waals surface area contributed by atoms with E-state index in [1.54, 1.807) is 30.5 Å². The molecule has 1 aromatic rings. The quantitative estimate of drug-likeness (QED) is 0.605. The monoisotopic (exact) mass is 247 g/mol. The van der Waals surface area contributed by atoms with E-state index in [2.05, 4.69) is 0 Å². The topological polar surface area (TPSA) is 38.8 Å². The molecule has 1 aromatic carbocycles. The second kappa shape index (κ2) is 5.58. The van der Waals surface area contributed by atoms with Crippen molar-refractivity contribution in [2.45, 2.75) is 6.42 Å². The number of hydrogen-bond donors (Lipinski definition) is 0. The van der Waals surface area contributed by atoms with Crippen LogP contribution in [0.1, 0.15) is 16.8 Å². The summed E-state index contributed by atoms with van der Waals surface area (Å²) >= 11 is 0. The summed E-state index contributed by atoms with van der Waals surface area (Å²) in [5.74, 6) is 1.32. The SMILES string of the molecule is CN(C)C=CC(=O)c1ccc2c(c1)OCCCO2. The lowest BCUT2D eigenvalue weighted by molar-refractivity contribution is 0.104. The number of ketones is 1. The van der Waals surface area contributed by atoms with Gasteiger partial charge in [-0.25, -0.2) is 0 Å². The van der Waals surface area contributed by atoms with Crippen LogP contribution in [0.4, 0.5) is 0 Å². The van der Waals surface area contributed by atoms with E-state index in [0.29, 0.717) is 30.3 Å². The molecule has 0 bridgehead atoms. The Bertz CT molecular complexity index is 466. The summed E-state index contributed by atoms with van der Waals surface area (Å²) in [5.41, 5.74) is 0.609. The van der Waals surface area contributed by atoms with Gasteiger partial charge in [0.15, 0.2) is 17.3 Å². The minimum Gasteiger partial charge on any atom is -0.490 e. The first kappa shape index (κ1) is 12.5. The maximum atomic E-state index is 11.9. The third-order valence-electron chi connectivity index (χ3n) is 2.56. The molecule has 2 rings (SSSR count). The molecule has 0 N–H and O–H groups in total. The fourth-order valence-electron chi connectivity index (χ4n) is 1.63. The van der Waals surface area contributed by atoms with Gasteiger partial charge in [0.25, 0.3) is 0 Å². The van der Waals surface area contributed by atoms with Crippen LogP contribution in [0, 0.1) is 0 Å². The van der Waals surface area contributed by atoms with Crippen LogP contribution in [-0.2, 0) is 0 Å². The minimum atomic E-state index is -0.0423. The Kier molecular flexibility index (Phi) is 3.87. The molecule has 4 heteroatoms. The van der Waals surface area contributed by atoms with Crippen LogP contribution >= 0.6 is 0 Å². The number of rotatable bonds is 3. The van der Waals surface area contributed by atoms with Gasteiger partial charge < -0.3 is 14.4 Å². The summed E-state index contributed by atoms with van der Waals surface area (Å²) in [7, 11) is 3.75. The molecule has 4 nitrogen and oxygen atoms in total. The van der Waals surface area contributed by atoms with Crippen molar-refractivity contribution in [3.8, 4) is 11.5 Å². The molecule has 0 saturated heterocycles. The molecule has 0 fully saturated rings. The van der Waals surface area contributed by atoms with Crippen molar-refractivity contribution >= 4 is 5.78 Å². The molecule has 0 saturated carbocycles. The van der Waals surface area contributed by atoms with Crippen molar-refractivity contribution in [3.63, 3.8) is 0 Å². The van der Waals surface area contributed by atoms with Gasteiger partial charge >= 0.3 is 0 Å². The fraction of sp³-hybridized carbons (Fsp3) is 0.357. The van der Waals surface area contributed by atoms with Crippen molar-refractivity contribution in [2.24, 2.45) is 0 Å². The van der Waals surface area contributed by atoms with E-state index in [1.807, 2.05) is 19.0 Å². The Balaban J connectivity index is 2.20. The molecule has 1 heterocycles. The first-order valence-electron chi connectivity index (χ1n) is 5.95. The molecule has 0 aromatic heterocycles. The Labute approximate surface area is 107 Å². The number of ether oxygens (including phenoxy) is 2. The van der Waals surface area contributed by atoms with Crippen LogP contribution in [0.2, 0.25) is 0 Å². The van der Waals surface area contributed by atoms with Crippen molar-refractivity contribution in [2.75, 3.05) is 27.3 Å². The molecular formula is C14H17NO3. The van der Waals surface area contributed by atoms with Gasteiger partial charge in [0.1, 0.15) is 0 Å². The van der Waals surface area contributed by atoms with E-state index in [0.717, 1.165) is 6.42 Å². The highest BCUT2D eigenvalue weighted by Crippen LogP contribution is 2.30. The zero-order valence-electron chi connectivity index (χ0n) is 10.7. The number of carbonyl (C=O) groups is 1. The predicted octanol–water partition coefficient (Wildman–Crippen LogP) is 2.11. The van der Waals surface area contributed by atoms with Crippen molar-refractivity contribution in [1.29, 1.82) is 0 Å². The zero-order valence-corrected chi connectivity index (χ0v) is 10.7. The Hall–Kier alpha value is -1.97. The third-order valence-corrected chi connectivity index (χ3v) is 2.56. The predicted molar refractivity (Wildman–Crippen MR) is 69.2 cm³/mol. The maximum absolute atomic E-state index is 11.9. The molecule has 0 amide bonds. The van der Waals surface area contributed by atoms with Crippen LogP contribution in [0.25, 0.3) is 0 Å². The number of hydrogen-bond acceptors (Lipinski definition) is 4. The number of fused-ring (bicyclic) bond motifs is 1.